The lowest BCUT2D eigenvalue weighted by molar-refractivity contribution is 0.789. The van der Waals surface area contributed by atoms with Gasteiger partial charge in [-0.1, -0.05) is 18.2 Å². The molecule has 0 saturated heterocycles. The third-order valence-electron chi connectivity index (χ3n) is 3.36. The first-order chi connectivity index (χ1) is 11.1. The fraction of sp³-hybridized carbons (Fsp3) is 0.125. The molecule has 3 aromatic rings. The number of hydrogen-bond acceptors (Lipinski definition) is 4. The van der Waals surface area contributed by atoms with E-state index in [0.29, 0.717) is 5.11 Å². The molecule has 0 fully saturated rings. The first-order valence-electron chi connectivity index (χ1n) is 7.10. The minimum atomic E-state index is 0.535. The molecular formula is C16H16N6S. The van der Waals surface area contributed by atoms with Crippen LogP contribution in [0.25, 0.3) is 5.69 Å². The summed E-state index contributed by atoms with van der Waals surface area (Å²) in [4.78, 5) is 0. The van der Waals surface area contributed by atoms with Crippen LogP contribution in [0.4, 0.5) is 11.4 Å². The zero-order chi connectivity index (χ0) is 16.2. The Morgan fingerprint density at radius 3 is 2.74 bits per heavy atom. The molecule has 0 atom stereocenters. The number of tetrazole rings is 1. The van der Waals surface area contributed by atoms with E-state index >= 15 is 0 Å². The van der Waals surface area contributed by atoms with Gasteiger partial charge in [-0.2, -0.15) is 0 Å². The van der Waals surface area contributed by atoms with Crippen LogP contribution in [-0.2, 0) is 0 Å². The molecule has 23 heavy (non-hydrogen) atoms. The van der Waals surface area contributed by atoms with E-state index in [1.54, 1.807) is 11.0 Å². The third kappa shape index (κ3) is 3.70. The molecule has 0 bridgehead atoms. The van der Waals surface area contributed by atoms with Gasteiger partial charge in [0.05, 0.1) is 5.69 Å². The minimum Gasteiger partial charge on any atom is -0.332 e. The normalized spacial score (nSPS) is 10.3. The van der Waals surface area contributed by atoms with Gasteiger partial charge in [0.1, 0.15) is 6.33 Å². The zero-order valence-electron chi connectivity index (χ0n) is 12.8. The lowest BCUT2D eigenvalue weighted by Crippen LogP contribution is -2.19. The standard InChI is InChI=1S/C16H16N6S/c1-11-6-7-12(2)15(8-11)19-16(23)18-13-4-3-5-14(9-13)22-10-17-20-21-22/h3-10H,1-2H3,(H2,18,19,23). The highest BCUT2D eigenvalue weighted by Gasteiger charge is 2.04. The molecule has 116 valence electrons. The van der Waals surface area contributed by atoms with Gasteiger partial charge < -0.3 is 10.6 Å². The Hall–Kier alpha value is -2.80. The fourth-order valence-corrected chi connectivity index (χ4v) is 2.39. The molecule has 2 aromatic carbocycles. The number of rotatable bonds is 3. The third-order valence-corrected chi connectivity index (χ3v) is 3.56. The first kappa shape index (κ1) is 15.1. The number of anilines is 2. The number of nitrogens with zero attached hydrogens (tertiary/aromatic N) is 4. The summed E-state index contributed by atoms with van der Waals surface area (Å²) in [6.45, 7) is 4.10. The van der Waals surface area contributed by atoms with Crippen molar-refractivity contribution in [3.05, 3.63) is 59.9 Å². The molecule has 3 rings (SSSR count). The lowest BCUT2D eigenvalue weighted by atomic mass is 10.1. The highest BCUT2D eigenvalue weighted by Crippen LogP contribution is 2.18. The van der Waals surface area contributed by atoms with Gasteiger partial charge in [0.2, 0.25) is 0 Å². The van der Waals surface area contributed by atoms with Gasteiger partial charge in [0, 0.05) is 11.4 Å². The molecule has 0 saturated carbocycles. The smallest absolute Gasteiger partial charge is 0.175 e. The van der Waals surface area contributed by atoms with Crippen molar-refractivity contribution in [2.24, 2.45) is 0 Å². The summed E-state index contributed by atoms with van der Waals surface area (Å²) >= 11 is 5.39. The monoisotopic (exact) mass is 324 g/mol. The first-order valence-corrected chi connectivity index (χ1v) is 7.51. The number of thiocarbonyl (C=S) groups is 1. The number of nitrogens with one attached hydrogen (secondary N) is 2. The summed E-state index contributed by atoms with van der Waals surface area (Å²) < 4.78 is 1.59. The molecular weight excluding hydrogens is 308 g/mol. The summed E-state index contributed by atoms with van der Waals surface area (Å²) in [6, 6.07) is 13.9. The van der Waals surface area contributed by atoms with E-state index in [0.717, 1.165) is 22.6 Å². The summed E-state index contributed by atoms with van der Waals surface area (Å²) in [6.07, 6.45) is 1.55. The van der Waals surface area contributed by atoms with Crippen molar-refractivity contribution in [3.63, 3.8) is 0 Å². The predicted molar refractivity (Wildman–Crippen MR) is 94.9 cm³/mol. The molecule has 6 nitrogen and oxygen atoms in total. The molecule has 0 radical (unpaired) electrons. The van der Waals surface area contributed by atoms with Gasteiger partial charge in [0.15, 0.2) is 5.11 Å². The van der Waals surface area contributed by atoms with Gasteiger partial charge in [0.25, 0.3) is 0 Å². The van der Waals surface area contributed by atoms with Crippen molar-refractivity contribution in [2.75, 3.05) is 10.6 Å². The highest BCUT2D eigenvalue weighted by molar-refractivity contribution is 7.80. The van der Waals surface area contributed by atoms with E-state index in [1.165, 1.54) is 5.56 Å². The zero-order valence-corrected chi connectivity index (χ0v) is 13.6. The summed E-state index contributed by atoms with van der Waals surface area (Å²) in [7, 11) is 0. The molecule has 0 amide bonds. The van der Waals surface area contributed by atoms with Crippen molar-refractivity contribution in [1.29, 1.82) is 0 Å². The van der Waals surface area contributed by atoms with E-state index in [1.807, 2.05) is 31.2 Å². The summed E-state index contributed by atoms with van der Waals surface area (Å²) in [5, 5.41) is 18.1. The largest absolute Gasteiger partial charge is 0.332 e. The Balaban J connectivity index is 1.73. The topological polar surface area (TPSA) is 67.7 Å². The van der Waals surface area contributed by atoms with Crippen LogP contribution < -0.4 is 10.6 Å². The second-order valence-corrected chi connectivity index (χ2v) is 5.61. The molecule has 1 aromatic heterocycles. The van der Waals surface area contributed by atoms with Crippen LogP contribution in [-0.4, -0.2) is 25.3 Å². The molecule has 1 heterocycles. The van der Waals surface area contributed by atoms with Crippen LogP contribution in [0, 0.1) is 13.8 Å². The summed E-state index contributed by atoms with van der Waals surface area (Å²) in [5.74, 6) is 0. The highest BCUT2D eigenvalue weighted by atomic mass is 32.1. The quantitative estimate of drug-likeness (QED) is 0.722. The van der Waals surface area contributed by atoms with Crippen molar-refractivity contribution in [3.8, 4) is 5.69 Å². The van der Waals surface area contributed by atoms with Crippen LogP contribution in [0.2, 0.25) is 0 Å². The van der Waals surface area contributed by atoms with Crippen LogP contribution in [0.15, 0.2) is 48.8 Å². The van der Waals surface area contributed by atoms with E-state index in [9.17, 15) is 0 Å². The number of aromatic nitrogens is 4. The molecule has 0 unspecified atom stereocenters. The van der Waals surface area contributed by atoms with E-state index in [4.69, 9.17) is 12.2 Å². The average molecular weight is 324 g/mol. The predicted octanol–water partition coefficient (Wildman–Crippen LogP) is 3.09. The second-order valence-electron chi connectivity index (χ2n) is 5.20. The van der Waals surface area contributed by atoms with Crippen molar-refractivity contribution in [2.45, 2.75) is 13.8 Å². The van der Waals surface area contributed by atoms with Gasteiger partial charge in [-0.05, 0) is 71.9 Å². The van der Waals surface area contributed by atoms with Crippen molar-refractivity contribution < 1.29 is 0 Å². The molecule has 0 aliphatic rings. The molecule has 2 N–H and O–H groups in total. The number of hydrogen-bond donors (Lipinski definition) is 2. The van der Waals surface area contributed by atoms with E-state index in [-0.39, 0.29) is 0 Å². The van der Waals surface area contributed by atoms with Gasteiger partial charge in [-0.3, -0.25) is 0 Å². The fourth-order valence-electron chi connectivity index (χ4n) is 2.16. The van der Waals surface area contributed by atoms with Gasteiger partial charge in [-0.15, -0.1) is 5.10 Å². The lowest BCUT2D eigenvalue weighted by Gasteiger charge is -2.13. The van der Waals surface area contributed by atoms with E-state index < -0.39 is 0 Å². The Bertz CT molecular complexity index is 828. The number of aryl methyl sites for hydroxylation is 2. The Morgan fingerprint density at radius 1 is 1.09 bits per heavy atom. The Kier molecular flexibility index (Phi) is 4.29. The maximum atomic E-state index is 5.39. The van der Waals surface area contributed by atoms with Crippen LogP contribution in [0.1, 0.15) is 11.1 Å². The minimum absolute atomic E-state index is 0.535. The van der Waals surface area contributed by atoms with Crippen molar-refractivity contribution in [1.82, 2.24) is 20.2 Å². The summed E-state index contributed by atoms with van der Waals surface area (Å²) in [5.41, 5.74) is 5.04. The van der Waals surface area contributed by atoms with Crippen LogP contribution in [0.5, 0.6) is 0 Å². The molecule has 7 heteroatoms. The second kappa shape index (κ2) is 6.53. The van der Waals surface area contributed by atoms with Crippen LogP contribution >= 0.6 is 12.2 Å². The Morgan fingerprint density at radius 2 is 1.96 bits per heavy atom. The maximum absolute atomic E-state index is 5.39. The maximum Gasteiger partial charge on any atom is 0.175 e. The van der Waals surface area contributed by atoms with E-state index in [2.05, 4.69) is 51.3 Å². The van der Waals surface area contributed by atoms with Crippen molar-refractivity contribution >= 4 is 28.7 Å². The number of benzene rings is 2. The Labute approximate surface area is 139 Å². The van der Waals surface area contributed by atoms with Crippen LogP contribution in [0.3, 0.4) is 0 Å². The van der Waals surface area contributed by atoms with Gasteiger partial charge in [-0.25, -0.2) is 4.68 Å². The van der Waals surface area contributed by atoms with Gasteiger partial charge >= 0.3 is 0 Å². The molecule has 0 aliphatic carbocycles. The SMILES string of the molecule is Cc1ccc(C)c(NC(=S)Nc2cccc(-n3cnnn3)c2)c1. The average Bonchev–Trinajstić information content (AvgIpc) is 3.05. The molecule has 0 aliphatic heterocycles. The molecule has 0 spiro atoms.